The Kier molecular flexibility index (Phi) is 5.12. The van der Waals surface area contributed by atoms with E-state index in [9.17, 15) is 14.7 Å². The fourth-order valence-electron chi connectivity index (χ4n) is 3.91. The molecule has 2 aliphatic rings. The van der Waals surface area contributed by atoms with Gasteiger partial charge in [0, 0.05) is 12.6 Å². The molecular weight excluding hydrogens is 268 g/mol. The van der Waals surface area contributed by atoms with Gasteiger partial charge >= 0.3 is 12.0 Å². The smallest absolute Gasteiger partial charge is 0.329 e. The second kappa shape index (κ2) is 6.67. The van der Waals surface area contributed by atoms with Gasteiger partial charge in [0.25, 0.3) is 0 Å². The van der Waals surface area contributed by atoms with Crippen molar-refractivity contribution in [2.45, 2.75) is 76.8 Å². The molecule has 0 spiro atoms. The predicted molar refractivity (Wildman–Crippen MR) is 81.2 cm³/mol. The summed E-state index contributed by atoms with van der Waals surface area (Å²) in [5, 5.41) is 12.2. The number of nitrogens with one attached hydrogen (secondary N) is 1. The molecule has 1 aliphatic carbocycles. The first-order valence-corrected chi connectivity index (χ1v) is 8.30. The van der Waals surface area contributed by atoms with E-state index in [1.807, 2.05) is 11.8 Å². The third-order valence-corrected chi connectivity index (χ3v) is 5.11. The van der Waals surface area contributed by atoms with Crippen LogP contribution in [0.3, 0.4) is 0 Å². The first-order valence-electron chi connectivity index (χ1n) is 8.30. The zero-order valence-corrected chi connectivity index (χ0v) is 13.2. The lowest BCUT2D eigenvalue weighted by Crippen LogP contribution is -2.60. The lowest BCUT2D eigenvalue weighted by Gasteiger charge is -2.45. The van der Waals surface area contributed by atoms with Crippen LogP contribution in [0.2, 0.25) is 0 Å². The van der Waals surface area contributed by atoms with Gasteiger partial charge in [-0.3, -0.25) is 0 Å². The Labute approximate surface area is 127 Å². The fourth-order valence-corrected chi connectivity index (χ4v) is 3.91. The van der Waals surface area contributed by atoms with Crippen LogP contribution in [0.25, 0.3) is 0 Å². The molecule has 21 heavy (non-hydrogen) atoms. The molecule has 0 aromatic rings. The Morgan fingerprint density at radius 1 is 1.24 bits per heavy atom. The maximum absolute atomic E-state index is 12.6. The number of carbonyl (C=O) groups is 2. The lowest BCUT2D eigenvalue weighted by atomic mass is 9.78. The molecule has 5 heteroatoms. The van der Waals surface area contributed by atoms with Gasteiger partial charge in [0.2, 0.25) is 0 Å². The van der Waals surface area contributed by atoms with Crippen molar-refractivity contribution in [1.82, 2.24) is 10.2 Å². The van der Waals surface area contributed by atoms with Crippen LogP contribution in [0.1, 0.15) is 65.2 Å². The molecule has 1 heterocycles. The van der Waals surface area contributed by atoms with Crippen molar-refractivity contribution < 1.29 is 14.7 Å². The summed E-state index contributed by atoms with van der Waals surface area (Å²) in [5.41, 5.74) is -1.16. The Morgan fingerprint density at radius 3 is 2.57 bits per heavy atom. The molecule has 1 saturated carbocycles. The highest BCUT2D eigenvalue weighted by Gasteiger charge is 2.40. The first-order chi connectivity index (χ1) is 9.98. The van der Waals surface area contributed by atoms with E-state index in [-0.39, 0.29) is 6.03 Å². The minimum atomic E-state index is -1.16. The van der Waals surface area contributed by atoms with Crippen molar-refractivity contribution >= 4 is 12.0 Å². The molecule has 2 fully saturated rings. The standard InChI is InChI=1S/C16H28N2O3/c1-3-10-16(2,14(19)20)17-15(21)18-11-6-8-12-7-4-5-9-13(12)18/h12-13H,3-11H2,1-2H3,(H,17,21)(H,19,20). The van der Waals surface area contributed by atoms with Crippen LogP contribution >= 0.6 is 0 Å². The van der Waals surface area contributed by atoms with Crippen LogP contribution in [-0.4, -0.2) is 40.1 Å². The van der Waals surface area contributed by atoms with Crippen molar-refractivity contribution in [3.8, 4) is 0 Å². The normalized spacial score (nSPS) is 28.4. The molecule has 120 valence electrons. The molecule has 0 radical (unpaired) electrons. The molecule has 2 amide bonds. The number of nitrogens with zero attached hydrogens (tertiary/aromatic N) is 1. The average Bonchev–Trinajstić information content (AvgIpc) is 2.46. The highest BCUT2D eigenvalue weighted by molar-refractivity contribution is 5.86. The lowest BCUT2D eigenvalue weighted by molar-refractivity contribution is -0.144. The van der Waals surface area contributed by atoms with E-state index in [4.69, 9.17) is 0 Å². The van der Waals surface area contributed by atoms with Crippen LogP contribution < -0.4 is 5.32 Å². The maximum atomic E-state index is 12.6. The molecule has 0 aromatic carbocycles. The Balaban J connectivity index is 2.05. The van der Waals surface area contributed by atoms with Gasteiger partial charge in [-0.15, -0.1) is 0 Å². The second-order valence-corrected chi connectivity index (χ2v) is 6.76. The maximum Gasteiger partial charge on any atom is 0.329 e. The van der Waals surface area contributed by atoms with Crippen LogP contribution in [0.15, 0.2) is 0 Å². The molecule has 1 aliphatic heterocycles. The van der Waals surface area contributed by atoms with E-state index in [0.29, 0.717) is 18.4 Å². The summed E-state index contributed by atoms with van der Waals surface area (Å²) in [4.78, 5) is 26.0. The van der Waals surface area contributed by atoms with E-state index in [1.54, 1.807) is 6.92 Å². The van der Waals surface area contributed by atoms with Gasteiger partial charge < -0.3 is 15.3 Å². The molecule has 2 rings (SSSR count). The van der Waals surface area contributed by atoms with Crippen LogP contribution in [0.4, 0.5) is 4.79 Å². The Bertz CT molecular complexity index is 397. The SMILES string of the molecule is CCCC(C)(NC(=O)N1CCCC2CCCCC21)C(=O)O. The predicted octanol–water partition coefficient (Wildman–Crippen LogP) is 2.99. The molecule has 0 aromatic heterocycles. The third kappa shape index (κ3) is 3.50. The van der Waals surface area contributed by atoms with Gasteiger partial charge in [-0.05, 0) is 44.9 Å². The minimum Gasteiger partial charge on any atom is -0.480 e. The summed E-state index contributed by atoms with van der Waals surface area (Å²) in [7, 11) is 0. The van der Waals surface area contributed by atoms with E-state index in [0.717, 1.165) is 25.8 Å². The monoisotopic (exact) mass is 296 g/mol. The molecule has 2 N–H and O–H groups in total. The van der Waals surface area contributed by atoms with Crippen LogP contribution in [0.5, 0.6) is 0 Å². The number of rotatable bonds is 4. The van der Waals surface area contributed by atoms with Crippen molar-refractivity contribution in [3.63, 3.8) is 0 Å². The summed E-state index contributed by atoms with van der Waals surface area (Å²) >= 11 is 0. The summed E-state index contributed by atoms with van der Waals surface area (Å²) < 4.78 is 0. The van der Waals surface area contributed by atoms with E-state index < -0.39 is 11.5 Å². The van der Waals surface area contributed by atoms with Gasteiger partial charge in [-0.1, -0.05) is 26.2 Å². The zero-order valence-electron chi connectivity index (χ0n) is 13.2. The Morgan fingerprint density at radius 2 is 1.90 bits per heavy atom. The molecule has 3 unspecified atom stereocenters. The fraction of sp³-hybridized carbons (Fsp3) is 0.875. The van der Waals surface area contributed by atoms with E-state index in [2.05, 4.69) is 5.32 Å². The number of carboxylic acids is 1. The number of hydrogen-bond donors (Lipinski definition) is 2. The van der Waals surface area contributed by atoms with Gasteiger partial charge in [0.1, 0.15) is 5.54 Å². The number of piperidine rings is 1. The minimum absolute atomic E-state index is 0.190. The third-order valence-electron chi connectivity index (χ3n) is 5.11. The molecule has 3 atom stereocenters. The number of carbonyl (C=O) groups excluding carboxylic acids is 1. The molecule has 1 saturated heterocycles. The quantitative estimate of drug-likeness (QED) is 0.838. The van der Waals surface area contributed by atoms with Crippen molar-refractivity contribution in [1.29, 1.82) is 0 Å². The number of carboxylic acid groups (broad SMARTS) is 1. The van der Waals surface area contributed by atoms with Crippen molar-refractivity contribution in [2.24, 2.45) is 5.92 Å². The summed E-state index contributed by atoms with van der Waals surface area (Å²) in [6.07, 6.45) is 8.14. The summed E-state index contributed by atoms with van der Waals surface area (Å²) in [6.45, 7) is 4.30. The molecule has 5 nitrogen and oxygen atoms in total. The van der Waals surface area contributed by atoms with Crippen molar-refractivity contribution in [3.05, 3.63) is 0 Å². The highest BCUT2D eigenvalue weighted by atomic mass is 16.4. The largest absolute Gasteiger partial charge is 0.480 e. The molecular formula is C16H28N2O3. The van der Waals surface area contributed by atoms with Gasteiger partial charge in [0.15, 0.2) is 0 Å². The first kappa shape index (κ1) is 16.1. The van der Waals surface area contributed by atoms with Gasteiger partial charge in [-0.25, -0.2) is 9.59 Å². The number of urea groups is 1. The Hall–Kier alpha value is -1.26. The van der Waals surface area contributed by atoms with Crippen LogP contribution in [-0.2, 0) is 4.79 Å². The molecule has 0 bridgehead atoms. The topological polar surface area (TPSA) is 69.6 Å². The van der Waals surface area contributed by atoms with Gasteiger partial charge in [0.05, 0.1) is 0 Å². The number of amides is 2. The van der Waals surface area contributed by atoms with E-state index >= 15 is 0 Å². The summed E-state index contributed by atoms with van der Waals surface area (Å²) in [5.74, 6) is -0.338. The van der Waals surface area contributed by atoms with Crippen LogP contribution in [0, 0.1) is 5.92 Å². The zero-order chi connectivity index (χ0) is 15.5. The van der Waals surface area contributed by atoms with E-state index in [1.165, 1.54) is 25.7 Å². The van der Waals surface area contributed by atoms with Crippen molar-refractivity contribution in [2.75, 3.05) is 6.54 Å². The number of likely N-dealkylation sites (tertiary alicyclic amines) is 1. The number of aliphatic carboxylic acids is 1. The second-order valence-electron chi connectivity index (χ2n) is 6.76. The average molecular weight is 296 g/mol. The highest BCUT2D eigenvalue weighted by Crippen LogP contribution is 2.35. The number of fused-ring (bicyclic) bond motifs is 1. The summed E-state index contributed by atoms with van der Waals surface area (Å²) in [6, 6.07) is 0.122. The van der Waals surface area contributed by atoms with Gasteiger partial charge in [-0.2, -0.15) is 0 Å². The number of hydrogen-bond acceptors (Lipinski definition) is 2.